The summed E-state index contributed by atoms with van der Waals surface area (Å²) in [5.74, 6) is 0.111. The van der Waals surface area contributed by atoms with E-state index < -0.39 is 0 Å². The summed E-state index contributed by atoms with van der Waals surface area (Å²) in [6.07, 6.45) is 0.816. The molecular formula is C27H24N2O6S2. The number of nitrogens with zero attached hydrogens (tertiary/aromatic N) is 1. The molecule has 2 bridgehead atoms. The average Bonchev–Trinajstić information content (AvgIpc) is 3.63. The van der Waals surface area contributed by atoms with Crippen LogP contribution in [0.1, 0.15) is 22.8 Å². The molecule has 4 aliphatic rings. The summed E-state index contributed by atoms with van der Waals surface area (Å²) in [5.41, 5.74) is 1.51. The molecule has 2 aliphatic heterocycles. The summed E-state index contributed by atoms with van der Waals surface area (Å²) in [6.45, 7) is 0. The van der Waals surface area contributed by atoms with Crippen LogP contribution in [0.2, 0.25) is 0 Å². The number of nitrogens with one attached hydrogen (secondary N) is 1. The highest BCUT2D eigenvalue weighted by atomic mass is 32.2. The van der Waals surface area contributed by atoms with E-state index >= 15 is 0 Å². The van der Waals surface area contributed by atoms with Gasteiger partial charge in [0.1, 0.15) is 5.75 Å². The van der Waals surface area contributed by atoms with Crippen molar-refractivity contribution in [1.82, 2.24) is 4.98 Å². The number of thiazole rings is 1. The van der Waals surface area contributed by atoms with Gasteiger partial charge in [0.25, 0.3) is 0 Å². The molecule has 2 amide bonds. The lowest BCUT2D eigenvalue weighted by atomic mass is 9.68. The van der Waals surface area contributed by atoms with Crippen LogP contribution in [0, 0.1) is 29.6 Å². The summed E-state index contributed by atoms with van der Waals surface area (Å²) in [4.78, 5) is 45.1. The van der Waals surface area contributed by atoms with Crippen LogP contribution in [0.3, 0.4) is 0 Å². The zero-order chi connectivity index (χ0) is 25.6. The smallest absolute Gasteiger partial charge is 0.305 e. The van der Waals surface area contributed by atoms with Gasteiger partial charge in [0.05, 0.1) is 36.8 Å². The lowest BCUT2D eigenvalue weighted by molar-refractivity contribution is -0.123. The van der Waals surface area contributed by atoms with Crippen molar-refractivity contribution >= 4 is 40.6 Å². The van der Waals surface area contributed by atoms with E-state index in [0.29, 0.717) is 17.2 Å². The number of hydrogen-bond donors (Lipinski definition) is 2. The normalized spacial score (nSPS) is 31.3. The Kier molecular flexibility index (Phi) is 5.04. The highest BCUT2D eigenvalue weighted by molar-refractivity contribution is 8.00. The minimum atomic E-state index is -0.375. The maximum absolute atomic E-state index is 13.8. The number of methoxy groups -OCH3 is 2. The number of aromatic nitrogens is 1. The Bertz CT molecular complexity index is 1500. The number of imide groups is 1. The number of hydrogen-bond acceptors (Lipinski definition) is 8. The molecule has 0 spiro atoms. The van der Waals surface area contributed by atoms with Crippen LogP contribution >= 0.6 is 23.1 Å². The molecule has 10 heteroatoms. The monoisotopic (exact) mass is 536 g/mol. The van der Waals surface area contributed by atoms with Crippen LogP contribution in [0.15, 0.2) is 52.3 Å². The van der Waals surface area contributed by atoms with Crippen LogP contribution in [0.4, 0.5) is 5.69 Å². The Labute approximate surface area is 220 Å². The summed E-state index contributed by atoms with van der Waals surface area (Å²) >= 11 is 2.86. The number of H-pyrrole nitrogens is 1. The molecule has 2 aliphatic carbocycles. The first-order chi connectivity index (χ1) is 17.9. The molecule has 0 radical (unpaired) electrons. The second-order valence-corrected chi connectivity index (χ2v) is 12.3. The lowest BCUT2D eigenvalue weighted by Gasteiger charge is -2.43. The number of phenols is 1. The zero-order valence-electron chi connectivity index (χ0n) is 20.0. The second kappa shape index (κ2) is 8.13. The highest BCUT2D eigenvalue weighted by Crippen LogP contribution is 2.68. The summed E-state index contributed by atoms with van der Waals surface area (Å²) in [5, 5.41) is 11.2. The molecule has 3 aromatic rings. The maximum Gasteiger partial charge on any atom is 0.305 e. The second-order valence-electron chi connectivity index (χ2n) is 10.1. The largest absolute Gasteiger partial charge is 0.504 e. The molecule has 2 aromatic carbocycles. The first-order valence-electron chi connectivity index (χ1n) is 12.2. The number of carbonyl (C=O) groups is 2. The van der Waals surface area contributed by atoms with Gasteiger partial charge in [0.2, 0.25) is 11.8 Å². The first kappa shape index (κ1) is 22.9. The van der Waals surface area contributed by atoms with Crippen molar-refractivity contribution in [2.45, 2.75) is 22.6 Å². The molecule has 1 saturated heterocycles. The van der Waals surface area contributed by atoms with Gasteiger partial charge in [0.15, 0.2) is 11.5 Å². The van der Waals surface area contributed by atoms with E-state index in [9.17, 15) is 19.5 Å². The maximum atomic E-state index is 13.8. The Morgan fingerprint density at radius 2 is 1.70 bits per heavy atom. The molecule has 0 unspecified atom stereocenters. The van der Waals surface area contributed by atoms with E-state index in [1.54, 1.807) is 49.2 Å². The molecule has 7 rings (SSSR count). The molecule has 1 aromatic heterocycles. The summed E-state index contributed by atoms with van der Waals surface area (Å²) in [6, 6.07) is 12.4. The van der Waals surface area contributed by atoms with E-state index in [1.807, 2.05) is 12.1 Å². The van der Waals surface area contributed by atoms with E-state index in [4.69, 9.17) is 9.47 Å². The third kappa shape index (κ3) is 3.11. The number of amides is 2. The Morgan fingerprint density at radius 1 is 0.973 bits per heavy atom. The third-order valence-electron chi connectivity index (χ3n) is 8.62. The number of fused-ring (bicyclic) bond motifs is 9. The van der Waals surface area contributed by atoms with Crippen molar-refractivity contribution in [3.05, 3.63) is 62.6 Å². The molecule has 8 nitrogen and oxygen atoms in total. The van der Waals surface area contributed by atoms with Gasteiger partial charge in [0, 0.05) is 16.0 Å². The van der Waals surface area contributed by atoms with Gasteiger partial charge in [-0.3, -0.25) is 19.3 Å². The molecule has 190 valence electrons. The topological polar surface area (TPSA) is 109 Å². The predicted octanol–water partition coefficient (Wildman–Crippen LogP) is 3.84. The fourth-order valence-electron chi connectivity index (χ4n) is 7.26. The molecule has 7 atom stereocenters. The van der Waals surface area contributed by atoms with E-state index in [2.05, 4.69) is 4.98 Å². The van der Waals surface area contributed by atoms with Crippen LogP contribution < -0.4 is 19.2 Å². The van der Waals surface area contributed by atoms with E-state index in [1.165, 1.54) is 23.3 Å². The number of benzene rings is 2. The van der Waals surface area contributed by atoms with Crippen molar-refractivity contribution in [1.29, 1.82) is 0 Å². The Hall–Kier alpha value is -3.24. The molecule has 37 heavy (non-hydrogen) atoms. The number of carbonyl (C=O) groups excluding carboxylic acids is 2. The van der Waals surface area contributed by atoms with Gasteiger partial charge in [-0.1, -0.05) is 17.4 Å². The third-order valence-corrected chi connectivity index (χ3v) is 11.2. The minimum absolute atomic E-state index is 0.0161. The number of rotatable bonds is 4. The van der Waals surface area contributed by atoms with E-state index in [-0.39, 0.29) is 63.2 Å². The molecule has 3 heterocycles. The van der Waals surface area contributed by atoms with Crippen LogP contribution in [-0.4, -0.2) is 41.4 Å². The molecule has 2 saturated carbocycles. The van der Waals surface area contributed by atoms with Gasteiger partial charge < -0.3 is 19.6 Å². The number of aromatic amines is 1. The number of aromatic hydroxyl groups is 1. The SMILES string of the molecule is COc1ccc(N2C(=O)[C@@H]3[C@H]4C[C@@H]([C@@H]3C2=O)[C@@H]2[C@@H](c3ccc(O)c(OC)c3)c3sc(=O)[nH]c3S[C@H]42)cc1. The fourth-order valence-corrected chi connectivity index (χ4v) is 10.2. The molecule has 2 N–H and O–H groups in total. The minimum Gasteiger partial charge on any atom is -0.504 e. The van der Waals surface area contributed by atoms with Gasteiger partial charge >= 0.3 is 4.87 Å². The fraction of sp³-hybridized carbons (Fsp3) is 0.370. The summed E-state index contributed by atoms with van der Waals surface area (Å²) < 4.78 is 10.6. The standard InChI is InChI=1S/C27H24N2O6S2/c1-34-13-6-4-12(5-7-13)29-25(31)20-14-10-15(21(20)26(29)32)22-19(14)18(23-24(36-22)28-27(33)37-23)11-3-8-16(30)17(9-11)35-2/h3-9,14-15,18-22,30H,10H2,1-2H3,(H,28,33)/t14-,15-,18-,19-,20+,21-,22-/m1/s1. The quantitative estimate of drug-likeness (QED) is 0.488. The van der Waals surface area contributed by atoms with Gasteiger partial charge in [-0.2, -0.15) is 0 Å². The van der Waals surface area contributed by atoms with Crippen LogP contribution in [0.5, 0.6) is 17.2 Å². The van der Waals surface area contributed by atoms with Gasteiger partial charge in [-0.25, -0.2) is 0 Å². The molecular weight excluding hydrogens is 512 g/mol. The Morgan fingerprint density at radius 3 is 2.41 bits per heavy atom. The van der Waals surface area contributed by atoms with Crippen molar-refractivity contribution < 1.29 is 24.2 Å². The van der Waals surface area contributed by atoms with Crippen molar-refractivity contribution in [3.63, 3.8) is 0 Å². The van der Waals surface area contributed by atoms with Crippen molar-refractivity contribution in [3.8, 4) is 17.2 Å². The van der Waals surface area contributed by atoms with Crippen molar-refractivity contribution in [2.24, 2.45) is 29.6 Å². The molecule has 3 fully saturated rings. The summed E-state index contributed by atoms with van der Waals surface area (Å²) in [7, 11) is 3.09. The number of ether oxygens (including phenoxy) is 2. The first-order valence-corrected chi connectivity index (χ1v) is 13.9. The Balaban J connectivity index is 1.31. The van der Waals surface area contributed by atoms with Gasteiger partial charge in [-0.05, 0) is 66.1 Å². The predicted molar refractivity (Wildman–Crippen MR) is 139 cm³/mol. The van der Waals surface area contributed by atoms with Crippen LogP contribution in [0.25, 0.3) is 0 Å². The lowest BCUT2D eigenvalue weighted by Crippen LogP contribution is -2.42. The number of phenolic OH excluding ortho intramolecular Hbond substituents is 1. The van der Waals surface area contributed by atoms with Crippen molar-refractivity contribution in [2.75, 3.05) is 19.1 Å². The number of anilines is 1. The zero-order valence-corrected chi connectivity index (χ0v) is 21.7. The average molecular weight is 537 g/mol. The highest BCUT2D eigenvalue weighted by Gasteiger charge is 2.69. The van der Waals surface area contributed by atoms with Crippen LogP contribution in [-0.2, 0) is 9.59 Å². The van der Waals surface area contributed by atoms with Gasteiger partial charge in [-0.15, -0.1) is 11.8 Å². The number of thioether (sulfide) groups is 1. The van der Waals surface area contributed by atoms with E-state index in [0.717, 1.165) is 21.9 Å².